The van der Waals surface area contributed by atoms with E-state index in [9.17, 15) is 9.59 Å². The molecule has 2 aromatic carbocycles. The highest BCUT2D eigenvalue weighted by Crippen LogP contribution is 2.32. The predicted molar refractivity (Wildman–Crippen MR) is 107 cm³/mol. The van der Waals surface area contributed by atoms with Crippen LogP contribution in [0.15, 0.2) is 48.5 Å². The van der Waals surface area contributed by atoms with E-state index in [1.165, 1.54) is 4.90 Å². The Bertz CT molecular complexity index is 879. The molecule has 2 aliphatic heterocycles. The zero-order valence-corrected chi connectivity index (χ0v) is 16.5. The summed E-state index contributed by atoms with van der Waals surface area (Å²) in [6, 6.07) is 15.6. The number of nitrogens with zero attached hydrogens (tertiary/aromatic N) is 3. The first-order valence-corrected chi connectivity index (χ1v) is 9.79. The lowest BCUT2D eigenvalue weighted by Gasteiger charge is -2.35. The molecule has 2 heterocycles. The molecule has 0 atom stereocenters. The fourth-order valence-corrected chi connectivity index (χ4v) is 3.63. The summed E-state index contributed by atoms with van der Waals surface area (Å²) in [7, 11) is 1.67. The first kappa shape index (κ1) is 19.3. The number of amides is 2. The molecular weight excluding hydrogens is 370 g/mol. The van der Waals surface area contributed by atoms with Gasteiger partial charge in [-0.25, -0.2) is 0 Å². The monoisotopic (exact) mass is 395 g/mol. The molecule has 2 amide bonds. The minimum Gasteiger partial charge on any atom is -0.454 e. The van der Waals surface area contributed by atoms with Crippen molar-refractivity contribution in [2.24, 2.45) is 0 Å². The van der Waals surface area contributed by atoms with Gasteiger partial charge in [0.2, 0.25) is 6.79 Å². The summed E-state index contributed by atoms with van der Waals surface area (Å²) in [5, 5.41) is 0. The summed E-state index contributed by atoms with van der Waals surface area (Å²) >= 11 is 0. The third kappa shape index (κ3) is 4.51. The van der Waals surface area contributed by atoms with Crippen LogP contribution in [0.1, 0.15) is 11.1 Å². The van der Waals surface area contributed by atoms with Crippen molar-refractivity contribution in [3.8, 4) is 11.5 Å². The van der Waals surface area contributed by atoms with Crippen molar-refractivity contribution < 1.29 is 19.1 Å². The Morgan fingerprint density at radius 1 is 0.931 bits per heavy atom. The first-order valence-electron chi connectivity index (χ1n) is 9.79. The number of hydrogen-bond donors (Lipinski definition) is 0. The van der Waals surface area contributed by atoms with E-state index in [1.54, 1.807) is 11.9 Å². The van der Waals surface area contributed by atoms with Crippen LogP contribution in [0.4, 0.5) is 0 Å². The molecule has 0 saturated carbocycles. The van der Waals surface area contributed by atoms with Crippen molar-refractivity contribution in [2.75, 3.05) is 40.0 Å². The van der Waals surface area contributed by atoms with E-state index < -0.39 is 11.8 Å². The van der Waals surface area contributed by atoms with Gasteiger partial charge in [-0.15, -0.1) is 0 Å². The Morgan fingerprint density at radius 3 is 2.41 bits per heavy atom. The second-order valence-electron chi connectivity index (χ2n) is 7.40. The number of piperazine rings is 1. The number of hydrogen-bond acceptors (Lipinski definition) is 5. The summed E-state index contributed by atoms with van der Waals surface area (Å²) < 4.78 is 10.8. The molecule has 0 N–H and O–H groups in total. The van der Waals surface area contributed by atoms with E-state index >= 15 is 0 Å². The van der Waals surface area contributed by atoms with Crippen molar-refractivity contribution in [1.29, 1.82) is 0 Å². The molecule has 0 unspecified atom stereocenters. The highest BCUT2D eigenvalue weighted by molar-refractivity contribution is 6.34. The molecule has 0 aromatic heterocycles. The molecule has 0 aliphatic carbocycles. The highest BCUT2D eigenvalue weighted by Gasteiger charge is 2.28. The van der Waals surface area contributed by atoms with Gasteiger partial charge in [0.15, 0.2) is 11.5 Å². The zero-order chi connectivity index (χ0) is 20.2. The van der Waals surface area contributed by atoms with Crippen LogP contribution in [0, 0.1) is 0 Å². The van der Waals surface area contributed by atoms with Gasteiger partial charge in [0.05, 0.1) is 0 Å². The molecule has 0 spiro atoms. The summed E-state index contributed by atoms with van der Waals surface area (Å²) in [5.41, 5.74) is 2.15. The standard InChI is InChI=1S/C22H25N3O4/c1-23(14-17-5-3-2-4-6-17)21(26)22(27)25-11-9-24(10-12-25)15-18-7-8-19-20(13-18)29-16-28-19/h2-8,13H,9-12,14-16H2,1H3. The van der Waals surface area contributed by atoms with E-state index in [1.807, 2.05) is 48.5 Å². The number of likely N-dealkylation sites (N-methyl/N-ethyl adjacent to an activating group) is 1. The first-order chi connectivity index (χ1) is 14.1. The molecule has 0 radical (unpaired) electrons. The average Bonchev–Trinajstić information content (AvgIpc) is 3.22. The molecule has 1 fully saturated rings. The van der Waals surface area contributed by atoms with Gasteiger partial charge in [0.1, 0.15) is 0 Å². The maximum Gasteiger partial charge on any atom is 0.312 e. The largest absolute Gasteiger partial charge is 0.454 e. The molecule has 2 aliphatic rings. The molecule has 152 valence electrons. The number of rotatable bonds is 4. The molecule has 7 nitrogen and oxygen atoms in total. The van der Waals surface area contributed by atoms with Crippen LogP contribution in [0.3, 0.4) is 0 Å². The summed E-state index contributed by atoms with van der Waals surface area (Å²) in [5.74, 6) is 0.676. The van der Waals surface area contributed by atoms with Crippen LogP contribution < -0.4 is 9.47 Å². The SMILES string of the molecule is CN(Cc1ccccc1)C(=O)C(=O)N1CCN(Cc2ccc3c(c2)OCO3)CC1. The Kier molecular flexibility index (Phi) is 5.67. The van der Waals surface area contributed by atoms with Gasteiger partial charge in [-0.2, -0.15) is 0 Å². The Morgan fingerprint density at radius 2 is 1.66 bits per heavy atom. The molecule has 7 heteroatoms. The second-order valence-corrected chi connectivity index (χ2v) is 7.40. The van der Waals surface area contributed by atoms with Gasteiger partial charge < -0.3 is 19.3 Å². The Balaban J connectivity index is 1.27. The van der Waals surface area contributed by atoms with Crippen LogP contribution in [-0.2, 0) is 22.7 Å². The summed E-state index contributed by atoms with van der Waals surface area (Å²) in [6.45, 7) is 4.04. The Labute approximate surface area is 170 Å². The summed E-state index contributed by atoms with van der Waals surface area (Å²) in [6.07, 6.45) is 0. The molecular formula is C22H25N3O4. The smallest absolute Gasteiger partial charge is 0.312 e. The molecule has 29 heavy (non-hydrogen) atoms. The maximum atomic E-state index is 12.6. The van der Waals surface area contributed by atoms with Gasteiger partial charge in [0, 0.05) is 46.3 Å². The number of fused-ring (bicyclic) bond motifs is 1. The quantitative estimate of drug-likeness (QED) is 0.738. The van der Waals surface area contributed by atoms with Gasteiger partial charge in [0.25, 0.3) is 0 Å². The van der Waals surface area contributed by atoms with E-state index in [4.69, 9.17) is 9.47 Å². The summed E-state index contributed by atoms with van der Waals surface area (Å²) in [4.78, 5) is 30.5. The van der Waals surface area contributed by atoms with E-state index in [-0.39, 0.29) is 6.79 Å². The Hall–Kier alpha value is -3.06. The topological polar surface area (TPSA) is 62.3 Å². The fraction of sp³-hybridized carbons (Fsp3) is 0.364. The van der Waals surface area contributed by atoms with Crippen LogP contribution in [0.25, 0.3) is 0 Å². The van der Waals surface area contributed by atoms with Gasteiger partial charge in [-0.3, -0.25) is 14.5 Å². The van der Waals surface area contributed by atoms with Crippen molar-refractivity contribution in [1.82, 2.24) is 14.7 Å². The molecule has 4 rings (SSSR count). The van der Waals surface area contributed by atoms with E-state index in [0.717, 1.165) is 42.3 Å². The van der Waals surface area contributed by atoms with E-state index in [2.05, 4.69) is 4.90 Å². The molecule has 2 aromatic rings. The predicted octanol–water partition coefficient (Wildman–Crippen LogP) is 1.72. The normalized spacial score (nSPS) is 16.0. The minimum atomic E-state index is -0.460. The second kappa shape index (κ2) is 8.53. The number of benzene rings is 2. The number of carbonyl (C=O) groups is 2. The lowest BCUT2D eigenvalue weighted by Crippen LogP contribution is -2.52. The lowest BCUT2D eigenvalue weighted by molar-refractivity contribution is -0.152. The number of carbonyl (C=O) groups excluding carboxylic acids is 2. The van der Waals surface area contributed by atoms with Gasteiger partial charge in [-0.05, 0) is 23.3 Å². The zero-order valence-electron chi connectivity index (χ0n) is 16.5. The van der Waals surface area contributed by atoms with E-state index in [0.29, 0.717) is 19.6 Å². The third-order valence-electron chi connectivity index (χ3n) is 5.29. The van der Waals surface area contributed by atoms with Crippen LogP contribution in [0.2, 0.25) is 0 Å². The van der Waals surface area contributed by atoms with Crippen molar-refractivity contribution in [2.45, 2.75) is 13.1 Å². The minimum absolute atomic E-state index is 0.270. The van der Waals surface area contributed by atoms with Crippen molar-refractivity contribution >= 4 is 11.8 Å². The molecule has 1 saturated heterocycles. The van der Waals surface area contributed by atoms with Crippen LogP contribution in [0.5, 0.6) is 11.5 Å². The van der Waals surface area contributed by atoms with Crippen molar-refractivity contribution in [3.63, 3.8) is 0 Å². The number of ether oxygens (including phenoxy) is 2. The van der Waals surface area contributed by atoms with Crippen LogP contribution in [-0.4, -0.2) is 66.5 Å². The lowest BCUT2D eigenvalue weighted by atomic mass is 10.1. The van der Waals surface area contributed by atoms with Crippen molar-refractivity contribution in [3.05, 3.63) is 59.7 Å². The molecule has 0 bridgehead atoms. The highest BCUT2D eigenvalue weighted by atomic mass is 16.7. The van der Waals surface area contributed by atoms with Gasteiger partial charge >= 0.3 is 11.8 Å². The van der Waals surface area contributed by atoms with Gasteiger partial charge in [-0.1, -0.05) is 36.4 Å². The fourth-order valence-electron chi connectivity index (χ4n) is 3.63. The average molecular weight is 395 g/mol. The third-order valence-corrected chi connectivity index (χ3v) is 5.29. The van der Waals surface area contributed by atoms with Crippen LogP contribution >= 0.6 is 0 Å². The maximum absolute atomic E-state index is 12.6.